The van der Waals surface area contributed by atoms with Crippen molar-refractivity contribution in [2.45, 2.75) is 13.8 Å². The Bertz CT molecular complexity index is 208. The van der Waals surface area contributed by atoms with E-state index in [1.807, 2.05) is 26.0 Å². The summed E-state index contributed by atoms with van der Waals surface area (Å²) >= 11 is 0. The fourth-order valence-electron chi connectivity index (χ4n) is 0.736. The summed E-state index contributed by atoms with van der Waals surface area (Å²) in [6.07, 6.45) is 0. The van der Waals surface area contributed by atoms with Gasteiger partial charge in [0, 0.05) is 0 Å². The first kappa shape index (κ1) is 9.19. The van der Waals surface area contributed by atoms with Crippen molar-refractivity contribution in [2.24, 2.45) is 0 Å². The predicted molar refractivity (Wildman–Crippen MR) is 45.6 cm³/mol. The van der Waals surface area contributed by atoms with Gasteiger partial charge in [-0.25, -0.2) is 0 Å². The summed E-state index contributed by atoms with van der Waals surface area (Å²) in [5.74, 6) is 0.384. The van der Waals surface area contributed by atoms with E-state index >= 15 is 0 Å². The molecule has 0 aliphatic heterocycles. The summed E-state index contributed by atoms with van der Waals surface area (Å²) in [5, 5.41) is 9.10. The van der Waals surface area contributed by atoms with Gasteiger partial charge in [0.1, 0.15) is 5.75 Å². The van der Waals surface area contributed by atoms with E-state index in [-0.39, 0.29) is 13.0 Å². The first-order valence-corrected chi connectivity index (χ1v) is 2.97. The van der Waals surface area contributed by atoms with E-state index in [0.717, 1.165) is 11.1 Å². The van der Waals surface area contributed by atoms with Gasteiger partial charge in [0.15, 0.2) is 0 Å². The second-order valence-corrected chi connectivity index (χ2v) is 2.22. The van der Waals surface area contributed by atoms with Gasteiger partial charge >= 0.3 is 10.1 Å². The maximum Gasteiger partial charge on any atom is 2.00 e. The molecule has 0 saturated heterocycles. The number of benzene rings is 1. The summed E-state index contributed by atoms with van der Waals surface area (Å²) in [6.45, 7) is 3.89. The molecular weight excluding hydrogens is 121 g/mol. The summed E-state index contributed by atoms with van der Waals surface area (Å²) in [4.78, 5) is 0. The van der Waals surface area contributed by atoms with Crippen LogP contribution in [-0.4, -0.2) is 15.2 Å². The van der Waals surface area contributed by atoms with Crippen LogP contribution in [0, 0.1) is 13.8 Å². The SMILES string of the molecule is Cc1cccc(O)c1C.[Be+2].[H-].[H-]. The van der Waals surface area contributed by atoms with E-state index in [0.29, 0.717) is 5.75 Å². The Kier molecular flexibility index (Phi) is 3.11. The fourth-order valence-corrected chi connectivity index (χ4v) is 0.736. The maximum atomic E-state index is 9.10. The van der Waals surface area contributed by atoms with E-state index in [9.17, 15) is 0 Å². The standard InChI is InChI=1S/C8H10O.Be.2H/c1-6-4-3-5-8(9)7(6)2;;;/h3-5,9H,1-2H3;;;/q;+2;2*-1. The molecule has 0 spiro atoms. The van der Waals surface area contributed by atoms with Crippen LogP contribution in [0.25, 0.3) is 0 Å². The van der Waals surface area contributed by atoms with Crippen molar-refractivity contribution in [3.63, 3.8) is 0 Å². The zero-order valence-electron chi connectivity index (χ0n) is 8.39. The molecule has 0 aliphatic rings. The molecule has 0 heterocycles. The van der Waals surface area contributed by atoms with E-state index < -0.39 is 0 Å². The van der Waals surface area contributed by atoms with E-state index in [2.05, 4.69) is 0 Å². The molecule has 1 N–H and O–H groups in total. The van der Waals surface area contributed by atoms with Crippen LogP contribution in [0.2, 0.25) is 0 Å². The van der Waals surface area contributed by atoms with E-state index in [1.165, 1.54) is 0 Å². The van der Waals surface area contributed by atoms with Crippen molar-refractivity contribution in [3.05, 3.63) is 29.3 Å². The average molecular weight is 133 g/mol. The van der Waals surface area contributed by atoms with Gasteiger partial charge in [0.05, 0.1) is 0 Å². The molecule has 0 aromatic heterocycles. The molecule has 1 aromatic carbocycles. The first-order valence-electron chi connectivity index (χ1n) is 2.97. The molecular formula is C8H12BeO. The number of hydrogen-bond acceptors (Lipinski definition) is 1. The fraction of sp³-hybridized carbons (Fsp3) is 0.250. The van der Waals surface area contributed by atoms with E-state index in [1.54, 1.807) is 6.07 Å². The van der Waals surface area contributed by atoms with Crippen molar-refractivity contribution < 1.29 is 7.96 Å². The van der Waals surface area contributed by atoms with Gasteiger partial charge in [0.25, 0.3) is 0 Å². The topological polar surface area (TPSA) is 20.2 Å². The Hall–Kier alpha value is -0.811. The summed E-state index contributed by atoms with van der Waals surface area (Å²) in [7, 11) is 0. The molecule has 2 heteroatoms. The van der Waals surface area contributed by atoms with Crippen LogP contribution in [0.5, 0.6) is 5.75 Å². The third-order valence-corrected chi connectivity index (χ3v) is 1.58. The van der Waals surface area contributed by atoms with Gasteiger partial charge in [-0.05, 0) is 31.0 Å². The van der Waals surface area contributed by atoms with Gasteiger partial charge in [0.2, 0.25) is 0 Å². The minimum Gasteiger partial charge on any atom is -1.00 e. The normalized spacial score (nSPS) is 8.60. The zero-order valence-corrected chi connectivity index (χ0v) is 6.39. The molecule has 0 aliphatic carbocycles. The van der Waals surface area contributed by atoms with E-state index in [4.69, 9.17) is 5.11 Å². The molecule has 0 fully saturated rings. The van der Waals surface area contributed by atoms with Crippen LogP contribution < -0.4 is 0 Å². The summed E-state index contributed by atoms with van der Waals surface area (Å²) in [6, 6.07) is 5.52. The van der Waals surface area contributed by atoms with Crippen molar-refractivity contribution >= 4 is 10.1 Å². The molecule has 1 aromatic rings. The van der Waals surface area contributed by atoms with Gasteiger partial charge in [-0.1, -0.05) is 12.1 Å². The zero-order chi connectivity index (χ0) is 6.85. The van der Waals surface area contributed by atoms with Gasteiger partial charge in [-0.3, -0.25) is 0 Å². The average Bonchev–Trinajstić information content (AvgIpc) is 1.83. The van der Waals surface area contributed by atoms with Gasteiger partial charge in [-0.15, -0.1) is 0 Å². The van der Waals surface area contributed by atoms with Crippen LogP contribution in [0.1, 0.15) is 14.0 Å². The Morgan fingerprint density at radius 1 is 1.30 bits per heavy atom. The summed E-state index contributed by atoms with van der Waals surface area (Å²) in [5.41, 5.74) is 2.10. The number of aromatic hydroxyl groups is 1. The third-order valence-electron chi connectivity index (χ3n) is 1.58. The quantitative estimate of drug-likeness (QED) is 0.535. The Balaban J connectivity index is -0.000000270. The largest absolute Gasteiger partial charge is 2.00 e. The molecule has 10 heavy (non-hydrogen) atoms. The third kappa shape index (κ3) is 1.58. The van der Waals surface area contributed by atoms with Crippen LogP contribution in [0.15, 0.2) is 18.2 Å². The van der Waals surface area contributed by atoms with Gasteiger partial charge < -0.3 is 7.96 Å². The Labute approximate surface area is 67.9 Å². The van der Waals surface area contributed by atoms with Crippen LogP contribution in [0.4, 0.5) is 0 Å². The molecule has 0 radical (unpaired) electrons. The molecule has 1 nitrogen and oxygen atoms in total. The van der Waals surface area contributed by atoms with Gasteiger partial charge in [-0.2, -0.15) is 0 Å². The van der Waals surface area contributed by atoms with Crippen molar-refractivity contribution in [1.29, 1.82) is 0 Å². The molecule has 52 valence electrons. The van der Waals surface area contributed by atoms with Crippen LogP contribution in [-0.2, 0) is 0 Å². The molecule has 0 saturated carbocycles. The molecule has 0 amide bonds. The predicted octanol–water partition coefficient (Wildman–Crippen LogP) is 1.85. The maximum absolute atomic E-state index is 9.10. The Morgan fingerprint density at radius 2 is 1.90 bits per heavy atom. The number of aryl methyl sites for hydroxylation is 1. The molecule has 0 unspecified atom stereocenters. The second kappa shape index (κ2) is 3.38. The van der Waals surface area contributed by atoms with Crippen molar-refractivity contribution in [1.82, 2.24) is 0 Å². The number of phenols is 1. The smallest absolute Gasteiger partial charge is 1.00 e. The summed E-state index contributed by atoms with van der Waals surface area (Å²) < 4.78 is 0. The molecule has 1 rings (SSSR count). The molecule has 0 atom stereocenters. The molecule has 0 bridgehead atoms. The second-order valence-electron chi connectivity index (χ2n) is 2.22. The van der Waals surface area contributed by atoms with Crippen molar-refractivity contribution in [3.8, 4) is 5.75 Å². The monoisotopic (exact) mass is 133 g/mol. The minimum atomic E-state index is 0. The minimum absolute atomic E-state index is 0. The number of hydrogen-bond donors (Lipinski definition) is 1. The first-order chi connectivity index (χ1) is 4.22. The Morgan fingerprint density at radius 3 is 2.30 bits per heavy atom. The van der Waals surface area contributed by atoms with Crippen LogP contribution >= 0.6 is 0 Å². The van der Waals surface area contributed by atoms with Crippen LogP contribution in [0.3, 0.4) is 0 Å². The number of phenolic OH excluding ortho intramolecular Hbond substituents is 1. The van der Waals surface area contributed by atoms with Crippen molar-refractivity contribution in [2.75, 3.05) is 0 Å². The number of rotatable bonds is 0.